The lowest BCUT2D eigenvalue weighted by molar-refractivity contribution is 0.670. The minimum absolute atomic E-state index is 0.860. The van der Waals surface area contributed by atoms with Crippen LogP contribution in [0.3, 0.4) is 0 Å². The normalized spacial score (nSPS) is 12.9. The lowest BCUT2D eigenvalue weighted by Crippen LogP contribution is -2.15. The molecule has 0 N–H and O–H groups in total. The largest absolute Gasteiger partial charge is 0.456 e. The third kappa shape index (κ3) is 5.74. The third-order valence-electron chi connectivity index (χ3n) is 16.4. The van der Waals surface area contributed by atoms with E-state index in [-0.39, 0.29) is 0 Å². The van der Waals surface area contributed by atoms with Gasteiger partial charge in [-0.2, -0.15) is 0 Å². The van der Waals surface area contributed by atoms with Crippen molar-refractivity contribution in [3.05, 3.63) is 231 Å². The Hall–Kier alpha value is -9.53. The first-order valence-corrected chi connectivity index (χ1v) is 27.6. The van der Waals surface area contributed by atoms with Gasteiger partial charge in [0.25, 0.3) is 0 Å². The van der Waals surface area contributed by atoms with E-state index in [1.54, 1.807) is 0 Å². The van der Waals surface area contributed by atoms with E-state index in [9.17, 15) is 0 Å². The zero-order valence-corrected chi connectivity index (χ0v) is 42.6. The van der Waals surface area contributed by atoms with Crippen molar-refractivity contribution in [3.8, 4) is 27.9 Å². The van der Waals surface area contributed by atoms with Crippen LogP contribution in [-0.2, 0) is 0 Å². The molecule has 0 saturated carbocycles. The molecule has 0 saturated heterocycles. The molecule has 5 heterocycles. The maximum absolute atomic E-state index is 7.18. The van der Waals surface area contributed by atoms with Gasteiger partial charge in [-0.05, 0) is 138 Å². The summed E-state index contributed by atoms with van der Waals surface area (Å²) in [4.78, 5) is 14.4. The summed E-state index contributed by atoms with van der Waals surface area (Å²) < 4.78 is 12.0. The van der Waals surface area contributed by atoms with Crippen LogP contribution in [-0.4, -0.2) is 14.5 Å². The minimum atomic E-state index is 0.860. The van der Waals surface area contributed by atoms with Crippen LogP contribution in [0.1, 0.15) is 0 Å². The molecule has 0 radical (unpaired) electrons. The van der Waals surface area contributed by atoms with Crippen LogP contribution in [0, 0.1) is 0 Å². The minimum Gasteiger partial charge on any atom is -0.456 e. The molecule has 0 unspecified atom stereocenters. The number of furan rings is 1. The first kappa shape index (κ1) is 41.8. The van der Waals surface area contributed by atoms with E-state index in [4.69, 9.17) is 14.4 Å². The van der Waals surface area contributed by atoms with Crippen molar-refractivity contribution in [2.24, 2.45) is 0 Å². The molecule has 0 fully saturated rings. The Morgan fingerprint density at radius 1 is 0.351 bits per heavy atom. The van der Waals surface area contributed by atoms with Gasteiger partial charge < -0.3 is 13.9 Å². The highest BCUT2D eigenvalue weighted by atomic mass is 32.2. The second-order valence-corrected chi connectivity index (χ2v) is 22.5. The van der Waals surface area contributed by atoms with Gasteiger partial charge in [0, 0.05) is 84.1 Å². The van der Waals surface area contributed by atoms with Crippen LogP contribution in [0.5, 0.6) is 0 Å². The van der Waals surface area contributed by atoms with Gasteiger partial charge in [-0.1, -0.05) is 139 Å². The molecule has 17 aromatic rings. The van der Waals surface area contributed by atoms with Gasteiger partial charge in [0.05, 0.1) is 43.2 Å². The second kappa shape index (κ2) is 15.5. The molecular weight excluding hydrogens is 977 g/mol. The molecule has 1 aliphatic heterocycles. The van der Waals surface area contributed by atoms with Crippen molar-refractivity contribution in [3.63, 3.8) is 0 Å². The van der Waals surface area contributed by atoms with Crippen LogP contribution < -0.4 is 4.90 Å². The molecule has 7 heteroatoms. The van der Waals surface area contributed by atoms with Gasteiger partial charge in [0.1, 0.15) is 11.2 Å². The predicted molar refractivity (Wildman–Crippen MR) is 325 cm³/mol. The van der Waals surface area contributed by atoms with Gasteiger partial charge in [-0.15, -0.1) is 11.3 Å². The first-order chi connectivity index (χ1) is 38.2. The number of benzene rings is 13. The molecule has 356 valence electrons. The van der Waals surface area contributed by atoms with E-state index in [1.807, 2.05) is 60.0 Å². The summed E-state index contributed by atoms with van der Waals surface area (Å²) in [6.45, 7) is 0. The van der Waals surface area contributed by atoms with E-state index in [0.29, 0.717) is 0 Å². The maximum Gasteiger partial charge on any atom is 0.137 e. The van der Waals surface area contributed by atoms with Crippen LogP contribution in [0.2, 0.25) is 0 Å². The molecule has 0 aliphatic carbocycles. The topological polar surface area (TPSA) is 47.1 Å². The van der Waals surface area contributed by atoms with Gasteiger partial charge in [-0.3, -0.25) is 9.97 Å². The van der Waals surface area contributed by atoms with E-state index >= 15 is 0 Å². The molecular formula is C70H38N4OS2. The molecule has 0 bridgehead atoms. The Kier molecular flexibility index (Phi) is 8.42. The summed E-state index contributed by atoms with van der Waals surface area (Å²) in [7, 11) is 0. The molecule has 4 aromatic heterocycles. The first-order valence-electron chi connectivity index (χ1n) is 26.0. The number of hydrogen-bond acceptors (Lipinski definition) is 6. The number of para-hydroxylation sites is 3. The fraction of sp³-hybridized carbons (Fsp3) is 0. The van der Waals surface area contributed by atoms with Crippen molar-refractivity contribution in [2.45, 2.75) is 9.79 Å². The van der Waals surface area contributed by atoms with Crippen LogP contribution in [0.25, 0.3) is 146 Å². The SMILES string of the molecule is c1cncc(-c2cc(N3c4ccccc4Sc4ccccc43)c3ccc4c(-c5cccnc5)cc(-n5c6ccccc6sc6cc7c(cc65)oc5cc6c8cccc9cccc(c%10cccc(c57)c%106)c98)c5ccc2c3c45)c1. The van der Waals surface area contributed by atoms with Gasteiger partial charge in [0.2, 0.25) is 0 Å². The van der Waals surface area contributed by atoms with Crippen LogP contribution >= 0.6 is 23.1 Å². The summed E-state index contributed by atoms with van der Waals surface area (Å²) >= 11 is 3.67. The molecule has 0 spiro atoms. The zero-order valence-electron chi connectivity index (χ0n) is 41.0. The molecule has 77 heavy (non-hydrogen) atoms. The molecule has 0 amide bonds. The lowest BCUT2D eigenvalue weighted by atomic mass is 9.85. The summed E-state index contributed by atoms with van der Waals surface area (Å²) in [5.41, 5.74) is 12.9. The number of aromatic nitrogens is 3. The quantitative estimate of drug-likeness (QED) is 0.130. The predicted octanol–water partition coefficient (Wildman–Crippen LogP) is 20.3. The van der Waals surface area contributed by atoms with Crippen LogP contribution in [0.4, 0.5) is 17.1 Å². The molecule has 18 rings (SSSR count). The van der Waals surface area contributed by atoms with E-state index in [0.717, 1.165) is 83.4 Å². The highest BCUT2D eigenvalue weighted by molar-refractivity contribution is 7.99. The van der Waals surface area contributed by atoms with Crippen molar-refractivity contribution in [2.75, 3.05) is 4.90 Å². The van der Waals surface area contributed by atoms with E-state index < -0.39 is 0 Å². The molecule has 1 aliphatic rings. The maximum atomic E-state index is 7.18. The van der Waals surface area contributed by atoms with Gasteiger partial charge in [0.15, 0.2) is 0 Å². The van der Waals surface area contributed by atoms with E-state index in [1.165, 1.54) is 89.2 Å². The second-order valence-electron chi connectivity index (χ2n) is 20.4. The number of nitrogens with zero attached hydrogens (tertiary/aromatic N) is 4. The monoisotopic (exact) mass is 1010 g/mol. The van der Waals surface area contributed by atoms with E-state index in [2.05, 4.69) is 204 Å². The Morgan fingerprint density at radius 2 is 0.948 bits per heavy atom. The van der Waals surface area contributed by atoms with Crippen molar-refractivity contribution in [1.29, 1.82) is 0 Å². The van der Waals surface area contributed by atoms with Gasteiger partial charge >= 0.3 is 0 Å². The molecule has 5 nitrogen and oxygen atoms in total. The Morgan fingerprint density at radius 3 is 1.65 bits per heavy atom. The molecule has 0 atom stereocenters. The van der Waals surface area contributed by atoms with Crippen molar-refractivity contribution in [1.82, 2.24) is 14.5 Å². The molecule has 13 aromatic carbocycles. The Bertz CT molecular complexity index is 5340. The van der Waals surface area contributed by atoms with Crippen molar-refractivity contribution < 1.29 is 4.42 Å². The average Bonchev–Trinajstić information content (AvgIpc) is 3.87. The number of anilines is 3. The standard InChI is InChI=1S/C70H38N4OS2/c1-4-23-62-54(20-1)73(55-21-2-5-24-63(55)76-62)57-32-50(40-14-10-30-71-37-40)45-27-29-48-58(33-51(41-15-11-31-72-38-41)46-26-28-47(57)69(45)70(46)48)74-56-22-3-6-25-64(56)77-65-35-53-60(36-59(65)74)75-61-34-52-44-17-8-13-39-12-7-16-42(66(39)44)43-18-9-19-49(67(43)52)68(53)61/h1-38H. The average molecular weight is 1020 g/mol. The number of pyridine rings is 2. The van der Waals surface area contributed by atoms with Crippen molar-refractivity contribution >= 4 is 158 Å². The Labute approximate surface area is 447 Å². The summed E-state index contributed by atoms with van der Waals surface area (Å²) in [5.74, 6) is 0. The zero-order chi connectivity index (χ0) is 50.0. The fourth-order valence-corrected chi connectivity index (χ4v) is 15.4. The third-order valence-corrected chi connectivity index (χ3v) is 18.7. The summed E-state index contributed by atoms with van der Waals surface area (Å²) in [6, 6.07) is 76.4. The number of hydrogen-bond donors (Lipinski definition) is 0. The fourth-order valence-electron chi connectivity index (χ4n) is 13.3. The summed E-state index contributed by atoms with van der Waals surface area (Å²) in [6.07, 6.45) is 7.74. The highest BCUT2D eigenvalue weighted by Gasteiger charge is 2.29. The smallest absolute Gasteiger partial charge is 0.137 e. The Balaban J connectivity index is 0.979. The number of fused-ring (bicyclic) bond motifs is 10. The summed E-state index contributed by atoms with van der Waals surface area (Å²) in [5, 5.41) is 19.4. The van der Waals surface area contributed by atoms with Crippen LogP contribution in [0.15, 0.2) is 245 Å². The van der Waals surface area contributed by atoms with Gasteiger partial charge in [-0.25, -0.2) is 0 Å². The lowest BCUT2D eigenvalue weighted by Gasteiger charge is -2.34. The number of rotatable bonds is 4. The highest BCUT2D eigenvalue weighted by Crippen LogP contribution is 2.56.